The molecular weight excluding hydrogens is 2040 g/mol. The van der Waals surface area contributed by atoms with Crippen LogP contribution >= 0.6 is 112 Å². The van der Waals surface area contributed by atoms with Crippen LogP contribution in [0.5, 0.6) is 0 Å². The molecule has 130 heavy (non-hydrogen) atoms. The van der Waals surface area contributed by atoms with Gasteiger partial charge in [-0.1, -0.05) is 150 Å². The fraction of sp³-hybridized carbons (Fsp3) is 0.415. The number of hydrogen-bond acceptors (Lipinski definition) is 31. The summed E-state index contributed by atoms with van der Waals surface area (Å²) in [5.74, 6) is 0.183. The molecule has 48 heteroatoms. The van der Waals surface area contributed by atoms with Gasteiger partial charge in [-0.2, -0.15) is 0 Å². The molecule has 0 radical (unpaired) electrons. The number of alkyl halides is 1. The van der Waals surface area contributed by atoms with Gasteiger partial charge in [0.1, 0.15) is 129 Å². The average Bonchev–Trinajstić information content (AvgIpc) is 0.820. The van der Waals surface area contributed by atoms with E-state index in [-0.39, 0.29) is 160 Å². The zero-order valence-corrected chi connectivity index (χ0v) is 83.9. The number of nitrogen functional groups attached to an aromatic ring is 3. The number of nitrogens with two attached hydrogens (primary N) is 5. The summed E-state index contributed by atoms with van der Waals surface area (Å²) in [6.45, 7) is 37.3. The van der Waals surface area contributed by atoms with Crippen LogP contribution in [0.15, 0.2) is 113 Å². The Kier molecular flexibility index (Phi) is 46.9. The molecule has 0 saturated carbocycles. The van der Waals surface area contributed by atoms with E-state index in [9.17, 15) is 57.5 Å². The molecule has 0 fully saturated rings. The number of hydrogen-bond donors (Lipinski definition) is 11. The van der Waals surface area contributed by atoms with Crippen molar-refractivity contribution in [1.29, 1.82) is 0 Å². The molecule has 0 aromatic carbocycles. The second-order valence-electron chi connectivity index (χ2n) is 31.2. The lowest BCUT2D eigenvalue weighted by Crippen LogP contribution is -2.32. The number of halogens is 8. The van der Waals surface area contributed by atoms with Gasteiger partial charge in [0, 0.05) is 54.9 Å². The minimum Gasteiger partial charge on any atom is -0.461 e. The zero-order chi connectivity index (χ0) is 98.7. The molecule has 9 aromatic rings. The van der Waals surface area contributed by atoms with Crippen molar-refractivity contribution in [3.8, 4) is 0 Å². The number of primary amides is 2. The predicted octanol–water partition coefficient (Wildman–Crippen LogP) is 15.5. The first-order chi connectivity index (χ1) is 60.6. The van der Waals surface area contributed by atoms with Crippen LogP contribution in [-0.4, -0.2) is 140 Å². The van der Waals surface area contributed by atoms with Gasteiger partial charge in [0.2, 0.25) is 0 Å². The minimum atomic E-state index is -0.759. The monoisotopic (exact) mass is 2150 g/mol. The molecule has 708 valence electrons. The minimum absolute atomic E-state index is 0.00673. The molecular formula is C82H107Br2Cl5IN23O17. The quantitative estimate of drug-likeness (QED) is 0.0110. The normalized spacial score (nSPS) is 10.8. The first kappa shape index (κ1) is 113. The number of H-pyrrole nitrogens is 1. The van der Waals surface area contributed by atoms with E-state index in [0.717, 1.165) is 5.92 Å². The third-order valence-electron chi connectivity index (χ3n) is 15.0. The molecule has 0 aliphatic carbocycles. The number of esters is 3. The molecule has 40 nitrogen and oxygen atoms in total. The Morgan fingerprint density at radius 3 is 1.00 bits per heavy atom. The van der Waals surface area contributed by atoms with Crippen LogP contribution in [0.4, 0.5) is 73.2 Å². The average molecular weight is 2150 g/mol. The highest BCUT2D eigenvalue weighted by Gasteiger charge is 2.27. The molecule has 9 heterocycles. The summed E-state index contributed by atoms with van der Waals surface area (Å²) in [6.07, 6.45) is 3.77. The van der Waals surface area contributed by atoms with Gasteiger partial charge in [-0.3, -0.25) is 48.8 Å². The predicted molar refractivity (Wildman–Crippen MR) is 519 cm³/mol. The Morgan fingerprint density at radius 2 is 0.685 bits per heavy atom. The summed E-state index contributed by atoms with van der Waals surface area (Å²) >= 11 is 38.9. The van der Waals surface area contributed by atoms with Crippen molar-refractivity contribution < 1.29 is 57.2 Å². The van der Waals surface area contributed by atoms with E-state index in [1.165, 1.54) is 103 Å². The lowest BCUT2D eigenvalue weighted by molar-refractivity contribution is 0.0501. The summed E-state index contributed by atoms with van der Waals surface area (Å²) in [4.78, 5) is 177. The van der Waals surface area contributed by atoms with Crippen LogP contribution in [-0.2, 0) is 49.9 Å². The first-order valence-corrected chi connectivity index (χ1v) is 44.6. The second-order valence-corrected chi connectivity index (χ2v) is 35.8. The van der Waals surface area contributed by atoms with Crippen LogP contribution in [0.2, 0.25) is 25.1 Å². The van der Waals surface area contributed by atoms with Gasteiger partial charge in [-0.25, -0.2) is 63.8 Å². The smallest absolute Gasteiger partial charge is 0.413 e. The number of nitrogens with zero attached hydrogens (tertiary/aromatic N) is 12. The maximum absolute atomic E-state index is 13.1. The van der Waals surface area contributed by atoms with Crippen LogP contribution in [0, 0.1) is 29.6 Å². The summed E-state index contributed by atoms with van der Waals surface area (Å²) in [7, 11) is 0. The van der Waals surface area contributed by atoms with E-state index in [1.54, 1.807) is 62.3 Å². The molecule has 9 rings (SSSR count). The lowest BCUT2D eigenvalue weighted by atomic mass is 10.2. The molecule has 0 aliphatic heterocycles. The number of carbonyl (C=O) groups is 7. The molecule has 16 N–H and O–H groups in total. The molecule has 0 atom stereocenters. The number of amides is 4. The third-order valence-corrected chi connectivity index (χ3v) is 19.4. The fourth-order valence-electron chi connectivity index (χ4n) is 10.1. The largest absolute Gasteiger partial charge is 0.461 e. The van der Waals surface area contributed by atoms with Crippen LogP contribution < -0.4 is 83.0 Å². The van der Waals surface area contributed by atoms with Crippen LogP contribution in [0.3, 0.4) is 0 Å². The van der Waals surface area contributed by atoms with E-state index in [1.807, 2.05) is 55.4 Å². The number of aromatic nitrogens is 13. The maximum atomic E-state index is 13.1. The van der Waals surface area contributed by atoms with Gasteiger partial charge in [-0.05, 0) is 154 Å². The Bertz CT molecular complexity index is 5620. The number of anilines is 11. The Balaban J connectivity index is 0.000000406. The Hall–Kier alpha value is -11.1. The van der Waals surface area contributed by atoms with E-state index < -0.39 is 75.3 Å². The number of pyridine rings is 5. The number of aromatic amines is 1. The molecule has 9 aromatic heterocycles. The molecule has 4 amide bonds. The Morgan fingerprint density at radius 1 is 0.408 bits per heavy atom. The van der Waals surface area contributed by atoms with Gasteiger partial charge < -0.3 is 87.0 Å². The van der Waals surface area contributed by atoms with Crippen molar-refractivity contribution in [3.05, 3.63) is 194 Å². The van der Waals surface area contributed by atoms with Gasteiger partial charge in [0.25, 0.3) is 39.6 Å². The second kappa shape index (κ2) is 53.9. The molecule has 0 saturated heterocycles. The molecule has 0 unspecified atom stereocenters. The van der Waals surface area contributed by atoms with E-state index >= 15 is 0 Å². The third kappa shape index (κ3) is 38.5. The number of nitrogens with one attached hydrogen (secondary N) is 6. The first-order valence-electron chi connectivity index (χ1n) is 39.6. The van der Waals surface area contributed by atoms with Gasteiger partial charge in [-0.15, -0.1) is 0 Å². The van der Waals surface area contributed by atoms with Crippen molar-refractivity contribution in [2.24, 2.45) is 41.1 Å². The zero-order valence-electron chi connectivity index (χ0n) is 74.8. The summed E-state index contributed by atoms with van der Waals surface area (Å²) in [6, 6.07) is 12.6. The van der Waals surface area contributed by atoms with E-state index in [4.69, 9.17) is 110 Å². The van der Waals surface area contributed by atoms with Crippen molar-refractivity contribution >= 4 is 218 Å². The van der Waals surface area contributed by atoms with Gasteiger partial charge in [0.15, 0.2) is 0 Å². The number of rotatable bonds is 25. The molecule has 0 spiro atoms. The fourth-order valence-corrected chi connectivity index (χ4v) is 12.6. The number of ether oxygens (including phenoxy) is 5. The molecule has 0 aliphatic rings. The highest BCUT2D eigenvalue weighted by atomic mass is 127. The SMILES string of the molecule is CC(C)(C)OC(=O)Nc1cc(N)ncn1.CC(C)CI.CC(C)Cn1c(C(N)=O)c(Cl)cc(Nc2cc(N)ncn2)c1=O.CC(C)Cn1c(C(N)=O)c(Cl)cc(Nc2cc(N)ncn2)c1=O.CCOC(=O)c1[nH]c(=O)c(Br)cc1Cl.CCOC(=O)c1c(Cl)cc(Br)c(=O)n1CC(C)C.CCOC(=O)c1c(Cl)cc(Nc2cc(NC(=O)OC(C)(C)C)ncn2)c(=O)n1CC(C)C. The topological polar surface area (TPSA) is 580 Å². The van der Waals surface area contributed by atoms with Crippen molar-refractivity contribution in [2.45, 2.75) is 169 Å². The standard InChI is InChI=1S/C21H28ClN5O5.2C14H17ClN6O2.C12H15BrClNO3.C9H14N4O2.C8H7BrClNO3.C4H9I/c1-7-31-19(29)17-13(22)8-14(18(28)27(17)10-12(2)3)25-15-9-16(24-11-23-15)26-20(30)32-21(4,5)6;2*1-7(2)5-21-12(13(17)22)8(15)3-9(14(21)23)20-11-4-10(16)18-6-19-11;1-4-18-12(17)10-9(14)5-8(13)11(16)15(10)6-7(2)3;1-9(2,3)15-8(14)13-7-4-6(10)11-5-12-7;1-2-14-8(13)6-5(10)3-4(9)7(12)11-6;1-4(2)3-5/h8-9,11-12H,7,10H2,1-6H3,(H2,23,24,25,26,30);2*3-4,6-7H,5H2,1-2H3,(H2,17,22)(H3,16,18,19,20);5,7H,4,6H2,1-3H3;4-5H,1-3H3,(H3,10,11,12,13,14);3H,2H2,1H3,(H,11,12);4H,3H2,1-2H3. The van der Waals surface area contributed by atoms with E-state index in [0.29, 0.717) is 41.6 Å². The van der Waals surface area contributed by atoms with Crippen molar-refractivity contribution in [1.82, 2.24) is 63.1 Å². The van der Waals surface area contributed by atoms with Gasteiger partial charge in [0.05, 0.1) is 53.9 Å². The summed E-state index contributed by atoms with van der Waals surface area (Å²) < 4.78 is 32.0. The number of carbonyl (C=O) groups excluding carboxylic acids is 7. The van der Waals surface area contributed by atoms with Crippen molar-refractivity contribution in [2.75, 3.05) is 68.0 Å². The van der Waals surface area contributed by atoms with Crippen molar-refractivity contribution in [3.63, 3.8) is 0 Å². The molecule has 0 bridgehead atoms. The summed E-state index contributed by atoms with van der Waals surface area (Å²) in [5.41, 5.74) is 24.5. The van der Waals surface area contributed by atoms with E-state index in [2.05, 4.69) is 140 Å². The summed E-state index contributed by atoms with van der Waals surface area (Å²) in [5, 5.41) is 14.1. The van der Waals surface area contributed by atoms with Crippen LogP contribution in [0.1, 0.15) is 184 Å². The maximum Gasteiger partial charge on any atom is 0.413 e. The van der Waals surface area contributed by atoms with Crippen LogP contribution in [0.25, 0.3) is 0 Å². The highest BCUT2D eigenvalue weighted by Crippen LogP contribution is 2.28. The Labute approximate surface area is 804 Å². The highest BCUT2D eigenvalue weighted by molar-refractivity contribution is 14.1. The van der Waals surface area contributed by atoms with Gasteiger partial charge >= 0.3 is 30.1 Å². The lowest BCUT2D eigenvalue weighted by Gasteiger charge is -2.19.